The molecule has 0 bridgehead atoms. The van der Waals surface area contributed by atoms with Crippen LogP contribution in [0.25, 0.3) is 0 Å². The Morgan fingerprint density at radius 1 is 0.788 bits per heavy atom. The zero-order chi connectivity index (χ0) is 35.9. The molecular weight excluding hydrogens is 708 g/mol. The van der Waals surface area contributed by atoms with Crippen LogP contribution in [-0.4, -0.2) is 58.9 Å². The molecule has 0 aliphatic carbocycles. The molecule has 2 atom stereocenters. The Bertz CT molecular complexity index is 1950. The molecule has 262 valence electrons. The first-order valence-electron chi connectivity index (χ1n) is 17.0. The summed E-state index contributed by atoms with van der Waals surface area (Å²) in [4.78, 5) is 44.0. The normalized spacial score (nSPS) is 16.8. The van der Waals surface area contributed by atoms with Crippen LogP contribution in [0.2, 0.25) is 0 Å². The number of carbonyl (C=O) groups is 3. The van der Waals surface area contributed by atoms with E-state index in [0.717, 1.165) is 16.0 Å². The average molecular weight is 746 g/mol. The quantitative estimate of drug-likeness (QED) is 0.0668. The second-order valence-corrected chi connectivity index (χ2v) is 18.0. The fourth-order valence-corrected chi connectivity index (χ4v) is 13.2. The molecule has 1 N–H and O–H groups in total. The van der Waals surface area contributed by atoms with Crippen molar-refractivity contribution in [1.82, 2.24) is 10.2 Å². The van der Waals surface area contributed by atoms with E-state index < -0.39 is 24.6 Å². The van der Waals surface area contributed by atoms with Gasteiger partial charge in [0.25, 0.3) is 5.91 Å². The lowest BCUT2D eigenvalue weighted by Gasteiger charge is -2.50. The number of rotatable bonds is 13. The van der Waals surface area contributed by atoms with E-state index in [1.807, 2.05) is 72.8 Å². The van der Waals surface area contributed by atoms with Crippen LogP contribution in [0.4, 0.5) is 0 Å². The SMILES string of the molecule is COc1ccc(COC(=O)C2=C(C[P+](c3ccccc3)(c3ccccc3)c3ccccc3)CS[C@@H]3[C@H](NC(=O)CSc4ccccc4)C(=O)N23)cc1. The van der Waals surface area contributed by atoms with Crippen molar-refractivity contribution in [1.29, 1.82) is 0 Å². The van der Waals surface area contributed by atoms with Crippen molar-refractivity contribution < 1.29 is 23.9 Å². The Hall–Kier alpha value is -4.82. The van der Waals surface area contributed by atoms with E-state index in [0.29, 0.717) is 17.7 Å². The number of hydrogen-bond donors (Lipinski definition) is 1. The summed E-state index contributed by atoms with van der Waals surface area (Å²) in [6.45, 7) is 0.0344. The van der Waals surface area contributed by atoms with Crippen molar-refractivity contribution >= 4 is 64.5 Å². The molecule has 5 aromatic carbocycles. The summed E-state index contributed by atoms with van der Waals surface area (Å²) in [5.41, 5.74) is 1.93. The minimum Gasteiger partial charge on any atom is -0.497 e. The third-order valence-corrected chi connectivity index (χ3v) is 16.0. The number of nitrogens with zero attached hydrogens (tertiary/aromatic N) is 1. The van der Waals surface area contributed by atoms with Gasteiger partial charge in [-0.1, -0.05) is 84.9 Å². The topological polar surface area (TPSA) is 84.9 Å². The van der Waals surface area contributed by atoms with Gasteiger partial charge in [-0.2, -0.15) is 0 Å². The van der Waals surface area contributed by atoms with Crippen LogP contribution in [0.1, 0.15) is 5.56 Å². The minimum atomic E-state index is -2.41. The van der Waals surface area contributed by atoms with Gasteiger partial charge in [-0.05, 0) is 66.2 Å². The Labute approximate surface area is 313 Å². The van der Waals surface area contributed by atoms with Crippen LogP contribution < -0.4 is 26.0 Å². The maximum atomic E-state index is 14.3. The van der Waals surface area contributed by atoms with Crippen molar-refractivity contribution in [3.8, 4) is 5.75 Å². The van der Waals surface area contributed by atoms with E-state index in [1.54, 1.807) is 23.8 Å². The molecule has 5 aromatic rings. The van der Waals surface area contributed by atoms with E-state index in [1.165, 1.54) is 27.7 Å². The molecule has 0 unspecified atom stereocenters. The molecule has 7 nitrogen and oxygen atoms in total. The van der Waals surface area contributed by atoms with Gasteiger partial charge in [-0.3, -0.25) is 14.5 Å². The average Bonchev–Trinajstić information content (AvgIpc) is 3.21. The summed E-state index contributed by atoms with van der Waals surface area (Å²) in [5.74, 6) is 0.292. The van der Waals surface area contributed by atoms with Crippen molar-refractivity contribution in [3.05, 3.63) is 162 Å². The first-order valence-corrected chi connectivity index (χ1v) is 21.0. The van der Waals surface area contributed by atoms with Crippen LogP contribution in [0, 0.1) is 0 Å². The summed E-state index contributed by atoms with van der Waals surface area (Å²) >= 11 is 2.99. The minimum absolute atomic E-state index is 0.0344. The lowest BCUT2D eigenvalue weighted by Crippen LogP contribution is -2.70. The molecule has 52 heavy (non-hydrogen) atoms. The molecular formula is C42H38N2O5PS2+. The highest BCUT2D eigenvalue weighted by molar-refractivity contribution is 8.00. The summed E-state index contributed by atoms with van der Waals surface area (Å²) in [7, 11) is -0.804. The number of fused-ring (bicyclic) bond motifs is 1. The Balaban J connectivity index is 1.25. The molecule has 1 saturated heterocycles. The number of methoxy groups -OCH3 is 1. The molecule has 2 amide bonds. The third-order valence-electron chi connectivity index (χ3n) is 9.22. The standard InChI is InChI=1S/C42H37N2O5PS2/c1-48-32-24-22-30(23-25-32)26-49-42(47)39-31(28-52-41-38(40(46)44(39)41)43-37(45)29-51-36-20-12-5-13-21-36)27-50(33-14-6-2-7-15-33,34-16-8-3-9-17-34)35-18-10-4-11-19-35/h2-25,38,41H,26-29H2,1H3/p+1/t38-,41-/m1/s1. The molecule has 0 spiro atoms. The van der Waals surface area contributed by atoms with Gasteiger partial charge in [0.1, 0.15) is 52.6 Å². The number of carbonyl (C=O) groups excluding carboxylic acids is 3. The predicted octanol–water partition coefficient (Wildman–Crippen LogP) is 6.18. The van der Waals surface area contributed by atoms with Gasteiger partial charge in [-0.15, -0.1) is 23.5 Å². The molecule has 7 rings (SSSR count). The molecule has 1 fully saturated rings. The predicted molar refractivity (Wildman–Crippen MR) is 212 cm³/mol. The number of ether oxygens (including phenoxy) is 2. The van der Waals surface area contributed by atoms with Crippen LogP contribution in [0.15, 0.2) is 162 Å². The van der Waals surface area contributed by atoms with Gasteiger partial charge in [0, 0.05) is 16.2 Å². The number of esters is 1. The summed E-state index contributed by atoms with van der Waals surface area (Å²) in [6, 6.07) is 47.7. The summed E-state index contributed by atoms with van der Waals surface area (Å²) in [6.07, 6.45) is 0.534. The monoisotopic (exact) mass is 745 g/mol. The van der Waals surface area contributed by atoms with E-state index >= 15 is 0 Å². The van der Waals surface area contributed by atoms with Gasteiger partial charge in [-0.25, -0.2) is 4.79 Å². The Kier molecular flexibility index (Phi) is 11.1. The number of hydrogen-bond acceptors (Lipinski definition) is 7. The van der Waals surface area contributed by atoms with E-state index in [-0.39, 0.29) is 29.9 Å². The van der Waals surface area contributed by atoms with Crippen molar-refractivity contribution in [2.75, 3.05) is 24.8 Å². The number of nitrogens with one attached hydrogen (secondary N) is 1. The van der Waals surface area contributed by atoms with Gasteiger partial charge in [0.15, 0.2) is 0 Å². The first-order chi connectivity index (χ1) is 25.5. The maximum absolute atomic E-state index is 14.3. The highest BCUT2D eigenvalue weighted by Crippen LogP contribution is 2.58. The number of benzene rings is 5. The van der Waals surface area contributed by atoms with Crippen molar-refractivity contribution in [3.63, 3.8) is 0 Å². The molecule has 0 radical (unpaired) electrons. The fraction of sp³-hybridized carbons (Fsp3) is 0.167. The molecule has 10 heteroatoms. The van der Waals surface area contributed by atoms with Crippen molar-refractivity contribution in [2.24, 2.45) is 0 Å². The van der Waals surface area contributed by atoms with Crippen LogP contribution >= 0.6 is 30.8 Å². The highest BCUT2D eigenvalue weighted by Gasteiger charge is 2.56. The fourth-order valence-electron chi connectivity index (χ4n) is 6.67. The molecule has 0 aromatic heterocycles. The van der Waals surface area contributed by atoms with E-state index in [2.05, 4.69) is 78.1 Å². The van der Waals surface area contributed by atoms with Gasteiger partial charge < -0.3 is 14.8 Å². The Morgan fingerprint density at radius 3 is 1.87 bits per heavy atom. The summed E-state index contributed by atoms with van der Waals surface area (Å²) in [5, 5.41) is 6.05. The molecule has 2 heterocycles. The lowest BCUT2D eigenvalue weighted by atomic mass is 10.0. The molecule has 0 saturated carbocycles. The molecule has 2 aliphatic heterocycles. The molecule has 2 aliphatic rings. The van der Waals surface area contributed by atoms with Crippen LogP contribution in [0.5, 0.6) is 5.75 Å². The number of thioether (sulfide) groups is 2. The lowest BCUT2D eigenvalue weighted by molar-refractivity contribution is -0.153. The van der Waals surface area contributed by atoms with Crippen LogP contribution in [0.3, 0.4) is 0 Å². The maximum Gasteiger partial charge on any atom is 0.355 e. The number of amides is 2. The van der Waals surface area contributed by atoms with Crippen LogP contribution in [-0.2, 0) is 25.7 Å². The third kappa shape index (κ3) is 7.40. The highest BCUT2D eigenvalue weighted by atomic mass is 32.2. The zero-order valence-electron chi connectivity index (χ0n) is 28.6. The van der Waals surface area contributed by atoms with Crippen molar-refractivity contribution in [2.45, 2.75) is 22.9 Å². The largest absolute Gasteiger partial charge is 0.497 e. The second-order valence-electron chi connectivity index (χ2n) is 12.4. The second kappa shape index (κ2) is 16.2. The van der Waals surface area contributed by atoms with E-state index in [9.17, 15) is 14.4 Å². The van der Waals surface area contributed by atoms with Gasteiger partial charge in [0.2, 0.25) is 5.91 Å². The summed E-state index contributed by atoms with van der Waals surface area (Å²) < 4.78 is 11.3. The first kappa shape index (κ1) is 35.6. The van der Waals surface area contributed by atoms with Gasteiger partial charge >= 0.3 is 5.97 Å². The zero-order valence-corrected chi connectivity index (χ0v) is 31.1. The van der Waals surface area contributed by atoms with E-state index in [4.69, 9.17) is 9.47 Å². The number of β-lactam (4-membered cyclic amide) rings is 1. The Morgan fingerprint density at radius 2 is 1.33 bits per heavy atom. The smallest absolute Gasteiger partial charge is 0.355 e. The van der Waals surface area contributed by atoms with Gasteiger partial charge in [0.05, 0.1) is 19.0 Å².